The first-order valence-corrected chi connectivity index (χ1v) is 23.9. The zero-order valence-electron chi connectivity index (χ0n) is 41.1. The number of likely N-dealkylation sites (tertiary alicyclic amines) is 1. The van der Waals surface area contributed by atoms with Gasteiger partial charge in [0.15, 0.2) is 0 Å². The minimum Gasteiger partial charge on any atom is -0.464 e. The fraction of sp³-hybridized carbons (Fsp3) is 0.500. The summed E-state index contributed by atoms with van der Waals surface area (Å²) >= 11 is 0. The van der Waals surface area contributed by atoms with E-state index >= 15 is 0 Å². The van der Waals surface area contributed by atoms with Gasteiger partial charge in [-0.2, -0.15) is 13.2 Å². The number of fused-ring (bicyclic) bond motifs is 6. The van der Waals surface area contributed by atoms with Crippen LogP contribution in [0.3, 0.4) is 0 Å². The Hall–Kier alpha value is -6.21. The molecule has 0 unspecified atom stereocenters. The minimum atomic E-state index is -4.68. The number of nitrogens with zero attached hydrogens (tertiary/aromatic N) is 5. The molecule has 2 aromatic heterocycles. The number of alkyl halides is 5. The van der Waals surface area contributed by atoms with Crippen LogP contribution in [0.1, 0.15) is 88.8 Å². The summed E-state index contributed by atoms with van der Waals surface area (Å²) < 4.78 is 87.0. The molecule has 14 nitrogen and oxygen atoms in total. The molecule has 7 rings (SSSR count). The van der Waals surface area contributed by atoms with Crippen molar-refractivity contribution in [3.05, 3.63) is 89.8 Å². The van der Waals surface area contributed by atoms with Crippen molar-refractivity contribution in [2.24, 2.45) is 17.3 Å². The smallest absolute Gasteiger partial charge is 0.406 e. The molecule has 2 N–H and O–H groups in total. The van der Waals surface area contributed by atoms with Gasteiger partial charge in [0.1, 0.15) is 24.7 Å². The molecular formula is C52H62F5N7O7. The average Bonchev–Trinajstić information content (AvgIpc) is 3.94. The van der Waals surface area contributed by atoms with Gasteiger partial charge in [0, 0.05) is 73.9 Å². The van der Waals surface area contributed by atoms with Gasteiger partial charge in [-0.3, -0.25) is 34.0 Å². The number of methoxy groups -OCH3 is 1. The van der Waals surface area contributed by atoms with Crippen LogP contribution >= 0.6 is 0 Å². The zero-order valence-corrected chi connectivity index (χ0v) is 41.1. The summed E-state index contributed by atoms with van der Waals surface area (Å²) in [5, 5.41) is 4.46. The number of likely N-dealkylation sites (N-methyl/N-ethyl adjacent to an activating group) is 1. The van der Waals surface area contributed by atoms with E-state index in [2.05, 4.69) is 22.3 Å². The zero-order chi connectivity index (χ0) is 51.7. The second-order valence-corrected chi connectivity index (χ2v) is 20.0. The summed E-state index contributed by atoms with van der Waals surface area (Å²) in [6, 6.07) is 8.65. The normalized spacial score (nSPS) is 20.7. The van der Waals surface area contributed by atoms with Crippen molar-refractivity contribution < 1.29 is 55.4 Å². The SMILES string of the molecule is C=CC(=O)N1CC[C@H](C(=O)N(C)[C@H](C(=O)N[C@H]2Cc3cc(cc(C(F)F)c3)-c3ccc4c(c3)c(c(-c3cccnc3[C@H](C)OC)n4CC(F)(F)F)CC(C)(C)COC(=O)[C@@H]3CCCN(N3)C2=O)C(C)C)C1. The Morgan fingerprint density at radius 3 is 2.48 bits per heavy atom. The second-order valence-electron chi connectivity index (χ2n) is 20.0. The van der Waals surface area contributed by atoms with Crippen LogP contribution in [0.2, 0.25) is 0 Å². The maximum Gasteiger partial charge on any atom is 0.406 e. The lowest BCUT2D eigenvalue weighted by Gasteiger charge is -2.37. The summed E-state index contributed by atoms with van der Waals surface area (Å²) in [4.78, 5) is 76.8. The number of esters is 1. The molecule has 0 aliphatic carbocycles. The first kappa shape index (κ1) is 52.6. The van der Waals surface area contributed by atoms with E-state index in [0.717, 1.165) is 0 Å². The number of ether oxygens (including phenoxy) is 2. The number of rotatable bonds is 11. The number of carbonyl (C=O) groups excluding carboxylic acids is 5. The van der Waals surface area contributed by atoms with Gasteiger partial charge in [-0.1, -0.05) is 52.5 Å². The predicted molar refractivity (Wildman–Crippen MR) is 255 cm³/mol. The number of hydrogen-bond acceptors (Lipinski definition) is 9. The number of nitrogens with one attached hydrogen (secondary N) is 2. The van der Waals surface area contributed by atoms with Crippen molar-refractivity contribution >= 4 is 40.5 Å². The molecule has 2 fully saturated rings. The van der Waals surface area contributed by atoms with Crippen LogP contribution in [0.15, 0.2) is 67.4 Å². The van der Waals surface area contributed by atoms with Gasteiger partial charge >= 0.3 is 12.1 Å². The Morgan fingerprint density at radius 1 is 1.06 bits per heavy atom. The quantitative estimate of drug-likeness (QED) is 0.0873. The molecule has 71 heavy (non-hydrogen) atoms. The fourth-order valence-corrected chi connectivity index (χ4v) is 10.2. The van der Waals surface area contributed by atoms with Crippen molar-refractivity contribution in [3.8, 4) is 22.4 Å². The first-order chi connectivity index (χ1) is 33.5. The Kier molecular flexibility index (Phi) is 15.7. The molecule has 2 saturated heterocycles. The third-order valence-corrected chi connectivity index (χ3v) is 13.7. The first-order valence-electron chi connectivity index (χ1n) is 23.9. The van der Waals surface area contributed by atoms with Gasteiger partial charge in [0.25, 0.3) is 12.3 Å². The average molecular weight is 992 g/mol. The lowest BCUT2D eigenvalue weighted by atomic mass is 9.84. The molecule has 4 amide bonds. The number of halogens is 5. The number of amides is 4. The van der Waals surface area contributed by atoms with Crippen molar-refractivity contribution in [1.29, 1.82) is 0 Å². The predicted octanol–water partition coefficient (Wildman–Crippen LogP) is 7.74. The van der Waals surface area contributed by atoms with E-state index in [0.29, 0.717) is 47.2 Å². The van der Waals surface area contributed by atoms with E-state index in [1.54, 1.807) is 51.1 Å². The Morgan fingerprint density at radius 2 is 1.80 bits per heavy atom. The highest BCUT2D eigenvalue weighted by molar-refractivity contribution is 5.96. The van der Waals surface area contributed by atoms with Gasteiger partial charge in [-0.25, -0.2) is 14.2 Å². The number of aromatic nitrogens is 2. The molecule has 5 heterocycles. The maximum absolute atomic E-state index is 15.0. The van der Waals surface area contributed by atoms with Crippen molar-refractivity contribution in [2.45, 2.75) is 110 Å². The number of hydrogen-bond donors (Lipinski definition) is 2. The molecule has 3 aliphatic rings. The number of pyridine rings is 1. The molecule has 2 aromatic carbocycles. The third-order valence-electron chi connectivity index (χ3n) is 13.7. The molecule has 3 aliphatic heterocycles. The lowest BCUT2D eigenvalue weighted by molar-refractivity contribution is -0.155. The van der Waals surface area contributed by atoms with Gasteiger partial charge in [-0.15, -0.1) is 0 Å². The van der Waals surface area contributed by atoms with Crippen LogP contribution in [-0.2, 0) is 52.8 Å². The van der Waals surface area contributed by atoms with E-state index in [1.165, 1.54) is 64.0 Å². The summed E-state index contributed by atoms with van der Waals surface area (Å²) in [7, 11) is 2.95. The van der Waals surface area contributed by atoms with E-state index < -0.39 is 84.0 Å². The maximum atomic E-state index is 15.0. The van der Waals surface area contributed by atoms with Crippen LogP contribution in [0, 0.1) is 17.3 Å². The molecular weight excluding hydrogens is 930 g/mol. The Balaban J connectivity index is 1.37. The standard InChI is InChI=1S/C52H62F5N7O7/c1-9-42(65)62-19-16-33(26-62)48(67)61(7)44(29(2)3)47(66)59-40-22-31-20-34(23-35(21-31)46(53)54)32-14-15-41-37(24-32)38(25-51(5,6)28-71-50(69)39-13-11-18-64(60-39)49(40)68)45(63(41)27-52(55,56)57)36-12-10-17-58-43(36)30(4)70-8/h9-10,12,14-15,17,20-21,23-24,29-30,33,39-40,44,46,60H,1,11,13,16,18-19,22,25-28H2,2-8H3,(H,59,66)/t30-,33-,39-,40-,44-/m0/s1. The van der Waals surface area contributed by atoms with Gasteiger partial charge in [-0.05, 0) is 97.2 Å². The minimum absolute atomic E-state index is 0.0920. The molecule has 382 valence electrons. The molecule has 19 heteroatoms. The third kappa shape index (κ3) is 11.6. The highest BCUT2D eigenvalue weighted by Gasteiger charge is 2.41. The van der Waals surface area contributed by atoms with E-state index in [4.69, 9.17) is 9.47 Å². The van der Waals surface area contributed by atoms with Gasteiger partial charge in [0.2, 0.25) is 17.7 Å². The number of carbonyl (C=O) groups is 5. The summed E-state index contributed by atoms with van der Waals surface area (Å²) in [6.45, 7) is 11.4. The van der Waals surface area contributed by atoms with Crippen LogP contribution in [-0.4, -0.2) is 119 Å². The molecule has 4 aromatic rings. The van der Waals surface area contributed by atoms with Crippen LogP contribution in [0.5, 0.6) is 0 Å². The summed E-state index contributed by atoms with van der Waals surface area (Å²) in [5.41, 5.74) is 4.23. The van der Waals surface area contributed by atoms with Gasteiger partial charge in [0.05, 0.1) is 30.0 Å². The van der Waals surface area contributed by atoms with Crippen LogP contribution in [0.25, 0.3) is 33.3 Å². The van der Waals surface area contributed by atoms with Crippen LogP contribution < -0.4 is 10.7 Å². The van der Waals surface area contributed by atoms with Crippen molar-refractivity contribution in [1.82, 2.24) is 35.1 Å². The molecule has 0 spiro atoms. The van der Waals surface area contributed by atoms with Crippen LogP contribution in [0.4, 0.5) is 22.0 Å². The van der Waals surface area contributed by atoms with Crippen molar-refractivity contribution in [3.63, 3.8) is 0 Å². The highest BCUT2D eigenvalue weighted by atomic mass is 19.4. The summed E-state index contributed by atoms with van der Waals surface area (Å²) in [5.74, 6) is -3.81. The topological polar surface area (TPSA) is 155 Å². The number of benzene rings is 2. The fourth-order valence-electron chi connectivity index (χ4n) is 10.2. The van der Waals surface area contributed by atoms with E-state index in [9.17, 15) is 45.9 Å². The largest absolute Gasteiger partial charge is 0.464 e. The van der Waals surface area contributed by atoms with Crippen molar-refractivity contribution in [2.75, 3.05) is 40.4 Å². The lowest BCUT2D eigenvalue weighted by Crippen LogP contribution is -2.62. The highest BCUT2D eigenvalue weighted by Crippen LogP contribution is 2.43. The molecule has 5 atom stereocenters. The Bertz CT molecular complexity index is 2690. The second kappa shape index (κ2) is 21.2. The van der Waals surface area contributed by atoms with E-state index in [-0.39, 0.29) is 73.1 Å². The molecule has 0 saturated carbocycles. The number of hydrazine groups is 1. The van der Waals surface area contributed by atoms with E-state index in [1.807, 2.05) is 13.8 Å². The van der Waals surface area contributed by atoms with Gasteiger partial charge < -0.3 is 29.2 Å². The molecule has 0 radical (unpaired) electrons. The monoisotopic (exact) mass is 991 g/mol. The summed E-state index contributed by atoms with van der Waals surface area (Å²) in [6.07, 6.45) is -4.83. The molecule has 6 bridgehead atoms. The number of cyclic esters (lactones) is 1. The Labute approximate surface area is 409 Å².